The summed E-state index contributed by atoms with van der Waals surface area (Å²) in [5.74, 6) is 1.01. The molecule has 17 heavy (non-hydrogen) atoms. The van der Waals surface area contributed by atoms with Crippen LogP contribution in [-0.4, -0.2) is 45.3 Å². The highest BCUT2D eigenvalue weighted by Crippen LogP contribution is 2.33. The summed E-state index contributed by atoms with van der Waals surface area (Å²) in [5, 5.41) is 10.1. The molecule has 0 radical (unpaired) electrons. The lowest BCUT2D eigenvalue weighted by Crippen LogP contribution is -2.52. The van der Waals surface area contributed by atoms with Crippen LogP contribution in [0.5, 0.6) is 0 Å². The molecule has 4 N–H and O–H groups in total. The first-order valence-electron chi connectivity index (χ1n) is 6.38. The average molecular weight is 236 g/mol. The zero-order valence-electron chi connectivity index (χ0n) is 10.2. The maximum Gasteiger partial charge on any atom is 0.243 e. The molecule has 2 aliphatic rings. The van der Waals surface area contributed by atoms with Gasteiger partial charge in [-0.2, -0.15) is 4.98 Å². The van der Waals surface area contributed by atoms with Crippen molar-refractivity contribution >= 4 is 11.9 Å². The lowest BCUT2D eigenvalue weighted by molar-refractivity contribution is 0.0607. The second kappa shape index (κ2) is 4.18. The molecule has 94 valence electrons. The minimum atomic E-state index is 0.376. The van der Waals surface area contributed by atoms with Crippen molar-refractivity contribution in [1.82, 2.24) is 20.1 Å². The zero-order chi connectivity index (χ0) is 11.8. The molecular formula is C11H20N6. The molecule has 2 atom stereocenters. The van der Waals surface area contributed by atoms with Crippen LogP contribution in [0.2, 0.25) is 0 Å². The number of rotatable bonds is 2. The summed E-state index contributed by atoms with van der Waals surface area (Å²) in [6.45, 7) is 0. The van der Waals surface area contributed by atoms with Gasteiger partial charge in [0, 0.05) is 18.1 Å². The highest BCUT2D eigenvalue weighted by Gasteiger charge is 2.36. The van der Waals surface area contributed by atoms with Gasteiger partial charge in [0.1, 0.15) is 0 Å². The Bertz CT molecular complexity index is 375. The van der Waals surface area contributed by atoms with Crippen LogP contribution in [0, 0.1) is 0 Å². The minimum Gasteiger partial charge on any atom is -0.368 e. The molecule has 0 aromatic carbocycles. The summed E-state index contributed by atoms with van der Waals surface area (Å²) in [4.78, 5) is 6.65. The molecule has 2 saturated heterocycles. The first kappa shape index (κ1) is 10.8. The number of nitrogens with two attached hydrogens (primary N) is 1. The second-order valence-electron chi connectivity index (χ2n) is 5.26. The molecule has 1 aromatic heterocycles. The smallest absolute Gasteiger partial charge is 0.243 e. The van der Waals surface area contributed by atoms with Gasteiger partial charge < -0.3 is 16.0 Å². The van der Waals surface area contributed by atoms with Crippen LogP contribution in [-0.2, 0) is 0 Å². The van der Waals surface area contributed by atoms with Crippen molar-refractivity contribution < 1.29 is 0 Å². The molecule has 6 nitrogen and oxygen atoms in total. The third-order valence-electron chi connectivity index (χ3n) is 4.18. The van der Waals surface area contributed by atoms with Gasteiger partial charge in [-0.15, -0.1) is 5.10 Å². The summed E-state index contributed by atoms with van der Waals surface area (Å²) < 4.78 is 0. The summed E-state index contributed by atoms with van der Waals surface area (Å²) in [6, 6.07) is 1.92. The van der Waals surface area contributed by atoms with Gasteiger partial charge in [-0.1, -0.05) is 6.42 Å². The number of piperidine rings is 2. The Labute approximate surface area is 101 Å². The highest BCUT2D eigenvalue weighted by atomic mass is 15.3. The molecule has 0 aliphatic carbocycles. The van der Waals surface area contributed by atoms with Crippen molar-refractivity contribution in [3.8, 4) is 0 Å². The highest BCUT2D eigenvalue weighted by molar-refractivity contribution is 5.31. The third-order valence-corrected chi connectivity index (χ3v) is 4.18. The van der Waals surface area contributed by atoms with E-state index in [1.165, 1.54) is 32.1 Å². The standard InChI is InChI=1S/C11H20N6/c1-17-8-3-2-4-9(17)6-7(5-8)13-11-14-10(12)15-16-11/h7-9H,2-6H2,1H3,(H4,12,13,14,15,16). The van der Waals surface area contributed by atoms with Crippen molar-refractivity contribution in [2.45, 2.75) is 50.2 Å². The SMILES string of the molecule is CN1C2CCCC1CC(Nc1n[nH]c(N)n1)C2. The van der Waals surface area contributed by atoms with Crippen LogP contribution in [0.25, 0.3) is 0 Å². The summed E-state index contributed by atoms with van der Waals surface area (Å²) in [7, 11) is 2.26. The van der Waals surface area contributed by atoms with E-state index >= 15 is 0 Å². The second-order valence-corrected chi connectivity index (χ2v) is 5.26. The maximum atomic E-state index is 5.52. The number of hydrogen-bond acceptors (Lipinski definition) is 5. The van der Waals surface area contributed by atoms with Gasteiger partial charge in [0.25, 0.3) is 0 Å². The van der Waals surface area contributed by atoms with E-state index in [2.05, 4.69) is 32.4 Å². The summed E-state index contributed by atoms with van der Waals surface area (Å²) in [5.41, 5.74) is 5.52. The number of H-pyrrole nitrogens is 1. The van der Waals surface area contributed by atoms with Gasteiger partial charge >= 0.3 is 0 Å². The van der Waals surface area contributed by atoms with Crippen molar-refractivity contribution in [3.05, 3.63) is 0 Å². The van der Waals surface area contributed by atoms with Gasteiger partial charge in [0.2, 0.25) is 11.9 Å². The number of nitrogen functional groups attached to an aromatic ring is 1. The molecule has 2 bridgehead atoms. The van der Waals surface area contributed by atoms with E-state index < -0.39 is 0 Å². The molecule has 2 aliphatic heterocycles. The van der Waals surface area contributed by atoms with Gasteiger partial charge in [-0.3, -0.25) is 0 Å². The summed E-state index contributed by atoms with van der Waals surface area (Å²) in [6.07, 6.45) is 6.38. The molecule has 3 rings (SSSR count). The Morgan fingerprint density at radius 2 is 2.06 bits per heavy atom. The van der Waals surface area contributed by atoms with E-state index in [0.29, 0.717) is 17.9 Å². The maximum absolute atomic E-state index is 5.52. The normalized spacial score (nSPS) is 33.6. The number of hydrogen-bond donors (Lipinski definition) is 3. The minimum absolute atomic E-state index is 0.376. The molecule has 2 unspecified atom stereocenters. The fraction of sp³-hybridized carbons (Fsp3) is 0.818. The number of nitrogens with zero attached hydrogens (tertiary/aromatic N) is 3. The first-order valence-corrected chi connectivity index (χ1v) is 6.38. The fourth-order valence-corrected chi connectivity index (χ4v) is 3.26. The van der Waals surface area contributed by atoms with Crippen LogP contribution in [0.15, 0.2) is 0 Å². The first-order chi connectivity index (χ1) is 8.22. The van der Waals surface area contributed by atoms with Crippen LogP contribution in [0.1, 0.15) is 32.1 Å². The fourth-order valence-electron chi connectivity index (χ4n) is 3.26. The number of nitrogens with one attached hydrogen (secondary N) is 2. The van der Waals surface area contributed by atoms with E-state index in [4.69, 9.17) is 5.73 Å². The van der Waals surface area contributed by atoms with Gasteiger partial charge in [-0.05, 0) is 32.7 Å². The van der Waals surface area contributed by atoms with E-state index in [0.717, 1.165) is 12.1 Å². The van der Waals surface area contributed by atoms with Crippen LogP contribution in [0.3, 0.4) is 0 Å². The molecule has 0 spiro atoms. The quantitative estimate of drug-likeness (QED) is 0.708. The van der Waals surface area contributed by atoms with Crippen LogP contribution >= 0.6 is 0 Å². The topological polar surface area (TPSA) is 82.9 Å². The van der Waals surface area contributed by atoms with Gasteiger partial charge in [0.15, 0.2) is 0 Å². The van der Waals surface area contributed by atoms with Crippen molar-refractivity contribution in [2.24, 2.45) is 0 Å². The Kier molecular flexibility index (Phi) is 2.66. The predicted octanol–water partition coefficient (Wildman–Crippen LogP) is 0.814. The lowest BCUT2D eigenvalue weighted by Gasteiger charge is -2.47. The van der Waals surface area contributed by atoms with E-state index in [-0.39, 0.29) is 0 Å². The number of fused-ring (bicyclic) bond motifs is 2. The van der Waals surface area contributed by atoms with Crippen molar-refractivity contribution in [2.75, 3.05) is 18.1 Å². The van der Waals surface area contributed by atoms with E-state index in [1.54, 1.807) is 0 Å². The van der Waals surface area contributed by atoms with Gasteiger partial charge in [0.05, 0.1) is 0 Å². The van der Waals surface area contributed by atoms with Gasteiger partial charge in [-0.25, -0.2) is 5.10 Å². The molecular weight excluding hydrogens is 216 g/mol. The predicted molar refractivity (Wildman–Crippen MR) is 66.6 cm³/mol. The molecule has 6 heteroatoms. The van der Waals surface area contributed by atoms with E-state index in [9.17, 15) is 0 Å². The van der Waals surface area contributed by atoms with Crippen molar-refractivity contribution in [1.29, 1.82) is 0 Å². The monoisotopic (exact) mass is 236 g/mol. The van der Waals surface area contributed by atoms with Crippen LogP contribution in [0.4, 0.5) is 11.9 Å². The molecule has 0 saturated carbocycles. The molecule has 3 heterocycles. The third kappa shape index (κ3) is 2.09. The average Bonchev–Trinajstić information content (AvgIpc) is 2.66. The molecule has 2 fully saturated rings. The van der Waals surface area contributed by atoms with Crippen molar-refractivity contribution in [3.63, 3.8) is 0 Å². The number of aromatic amines is 1. The Morgan fingerprint density at radius 3 is 2.65 bits per heavy atom. The zero-order valence-corrected chi connectivity index (χ0v) is 10.2. The lowest BCUT2D eigenvalue weighted by atomic mass is 9.82. The van der Waals surface area contributed by atoms with E-state index in [1.807, 2.05) is 0 Å². The Hall–Kier alpha value is -1.30. The molecule has 1 aromatic rings. The number of aromatic nitrogens is 3. The largest absolute Gasteiger partial charge is 0.368 e. The Morgan fingerprint density at radius 1 is 1.35 bits per heavy atom. The summed E-state index contributed by atoms with van der Waals surface area (Å²) >= 11 is 0. The number of anilines is 2. The Balaban J connectivity index is 1.66. The molecule has 0 amide bonds. The van der Waals surface area contributed by atoms with Crippen LogP contribution < -0.4 is 11.1 Å².